The third-order valence-electron chi connectivity index (χ3n) is 2.96. The van der Waals surface area contributed by atoms with E-state index in [4.69, 9.17) is 4.74 Å². The lowest BCUT2D eigenvalue weighted by molar-refractivity contribution is -0.137. The van der Waals surface area contributed by atoms with E-state index in [1.54, 1.807) is 5.01 Å². The number of hydrogen-bond acceptors (Lipinski definition) is 3. The van der Waals surface area contributed by atoms with Gasteiger partial charge in [0.15, 0.2) is 0 Å². The second kappa shape index (κ2) is 3.59. The Balaban J connectivity index is 2.08. The second-order valence-corrected chi connectivity index (χ2v) is 5.01. The Labute approximate surface area is 90.3 Å². The molecule has 0 spiro atoms. The van der Waals surface area contributed by atoms with Gasteiger partial charge in [0, 0.05) is 12.3 Å². The zero-order chi connectivity index (χ0) is 11.1. The Kier molecular flexibility index (Phi) is 2.54. The molecule has 0 aliphatic carbocycles. The van der Waals surface area contributed by atoms with E-state index < -0.39 is 0 Å². The average molecular weight is 210 g/mol. The van der Waals surface area contributed by atoms with E-state index in [1.807, 2.05) is 6.92 Å². The minimum atomic E-state index is -0.130. The van der Waals surface area contributed by atoms with Crippen molar-refractivity contribution in [3.05, 3.63) is 0 Å². The Bertz CT molecular complexity index is 310. The topological polar surface area (TPSA) is 41.9 Å². The molecule has 1 fully saturated rings. The smallest absolute Gasteiger partial charge is 0.248 e. The zero-order valence-corrected chi connectivity index (χ0v) is 9.62. The monoisotopic (exact) mass is 210 g/mol. The first-order chi connectivity index (χ1) is 6.98. The summed E-state index contributed by atoms with van der Waals surface area (Å²) in [5.41, 5.74) is 0.791. The fourth-order valence-corrected chi connectivity index (χ4v) is 2.27. The van der Waals surface area contributed by atoms with E-state index in [0.717, 1.165) is 25.2 Å². The molecule has 2 aliphatic heterocycles. The van der Waals surface area contributed by atoms with Gasteiger partial charge >= 0.3 is 0 Å². The summed E-state index contributed by atoms with van der Waals surface area (Å²) in [5.74, 6) is 0.134. The standard InChI is InChI=1S/C11H18N2O2/c1-8-6-10(14)13(12-8)9-4-5-15-11(2,3)7-9/h9H,4-7H2,1-3H3. The molecule has 1 saturated heterocycles. The number of ether oxygens (including phenoxy) is 1. The maximum absolute atomic E-state index is 11.7. The minimum Gasteiger partial charge on any atom is -0.375 e. The van der Waals surface area contributed by atoms with Crippen LogP contribution in [-0.2, 0) is 9.53 Å². The Morgan fingerprint density at radius 3 is 2.80 bits per heavy atom. The van der Waals surface area contributed by atoms with Crippen LogP contribution >= 0.6 is 0 Å². The van der Waals surface area contributed by atoms with Gasteiger partial charge in [0.2, 0.25) is 5.91 Å². The maximum atomic E-state index is 11.7. The molecule has 1 amide bonds. The van der Waals surface area contributed by atoms with Crippen molar-refractivity contribution in [1.29, 1.82) is 0 Å². The fraction of sp³-hybridized carbons (Fsp3) is 0.818. The van der Waals surface area contributed by atoms with Crippen molar-refractivity contribution in [3.63, 3.8) is 0 Å². The predicted molar refractivity (Wildman–Crippen MR) is 57.6 cm³/mol. The third-order valence-corrected chi connectivity index (χ3v) is 2.96. The Morgan fingerprint density at radius 1 is 1.53 bits per heavy atom. The highest BCUT2D eigenvalue weighted by molar-refractivity contribution is 6.03. The van der Waals surface area contributed by atoms with Crippen molar-refractivity contribution in [2.75, 3.05) is 6.61 Å². The van der Waals surface area contributed by atoms with E-state index in [9.17, 15) is 4.79 Å². The molecule has 0 aromatic heterocycles. The van der Waals surface area contributed by atoms with Gasteiger partial charge in [0.05, 0.1) is 18.1 Å². The van der Waals surface area contributed by atoms with Crippen molar-refractivity contribution in [1.82, 2.24) is 5.01 Å². The average Bonchev–Trinajstić information content (AvgIpc) is 2.43. The number of rotatable bonds is 1. The fourth-order valence-electron chi connectivity index (χ4n) is 2.27. The van der Waals surface area contributed by atoms with Crippen LogP contribution in [0.3, 0.4) is 0 Å². The summed E-state index contributed by atoms with van der Waals surface area (Å²) in [6, 6.07) is 0.221. The second-order valence-electron chi connectivity index (χ2n) is 5.01. The molecular weight excluding hydrogens is 192 g/mol. The van der Waals surface area contributed by atoms with Crippen LogP contribution in [-0.4, -0.2) is 34.9 Å². The molecule has 0 aromatic carbocycles. The molecule has 0 saturated carbocycles. The lowest BCUT2D eigenvalue weighted by Gasteiger charge is -2.38. The Hall–Kier alpha value is -0.900. The van der Waals surface area contributed by atoms with Gasteiger partial charge in [-0.25, -0.2) is 5.01 Å². The van der Waals surface area contributed by atoms with Gasteiger partial charge in [-0.1, -0.05) is 0 Å². The quantitative estimate of drug-likeness (QED) is 0.659. The van der Waals surface area contributed by atoms with Gasteiger partial charge in [-0.2, -0.15) is 5.10 Å². The molecular formula is C11H18N2O2. The van der Waals surface area contributed by atoms with Gasteiger partial charge < -0.3 is 4.74 Å². The lowest BCUT2D eigenvalue weighted by Crippen LogP contribution is -2.44. The molecule has 1 atom stereocenters. The molecule has 0 aromatic rings. The summed E-state index contributed by atoms with van der Waals surface area (Å²) in [5, 5.41) is 5.97. The van der Waals surface area contributed by atoms with Crippen molar-refractivity contribution in [2.24, 2.45) is 5.10 Å². The Morgan fingerprint density at radius 2 is 2.27 bits per heavy atom. The van der Waals surface area contributed by atoms with E-state index in [2.05, 4.69) is 18.9 Å². The van der Waals surface area contributed by atoms with Crippen molar-refractivity contribution in [3.8, 4) is 0 Å². The van der Waals surface area contributed by atoms with Gasteiger partial charge in [-0.15, -0.1) is 0 Å². The molecule has 84 valence electrons. The molecule has 1 unspecified atom stereocenters. The van der Waals surface area contributed by atoms with Crippen LogP contribution in [0.25, 0.3) is 0 Å². The highest BCUT2D eigenvalue weighted by atomic mass is 16.5. The summed E-state index contributed by atoms with van der Waals surface area (Å²) >= 11 is 0. The molecule has 0 N–H and O–H groups in total. The van der Waals surface area contributed by atoms with Gasteiger partial charge in [-0.3, -0.25) is 4.79 Å². The summed E-state index contributed by atoms with van der Waals surface area (Å²) in [4.78, 5) is 11.7. The zero-order valence-electron chi connectivity index (χ0n) is 9.62. The normalized spacial score (nSPS) is 30.6. The third kappa shape index (κ3) is 2.20. The van der Waals surface area contributed by atoms with Crippen LogP contribution in [0.5, 0.6) is 0 Å². The van der Waals surface area contributed by atoms with Crippen LogP contribution in [0.4, 0.5) is 0 Å². The number of hydrogen-bond donors (Lipinski definition) is 0. The van der Waals surface area contributed by atoms with E-state index >= 15 is 0 Å². The van der Waals surface area contributed by atoms with Gasteiger partial charge in [-0.05, 0) is 33.6 Å². The highest BCUT2D eigenvalue weighted by Crippen LogP contribution is 2.29. The number of hydrazone groups is 1. The van der Waals surface area contributed by atoms with Crippen molar-refractivity contribution in [2.45, 2.75) is 51.7 Å². The first kappa shape index (κ1) is 10.6. The largest absolute Gasteiger partial charge is 0.375 e. The first-order valence-electron chi connectivity index (χ1n) is 5.48. The van der Waals surface area contributed by atoms with E-state index in [0.29, 0.717) is 6.42 Å². The molecule has 2 rings (SSSR count). The minimum absolute atomic E-state index is 0.130. The van der Waals surface area contributed by atoms with Crippen LogP contribution in [0, 0.1) is 0 Å². The number of amides is 1. The van der Waals surface area contributed by atoms with Crippen LogP contribution in [0.2, 0.25) is 0 Å². The van der Waals surface area contributed by atoms with Gasteiger partial charge in [0.25, 0.3) is 0 Å². The van der Waals surface area contributed by atoms with Crippen LogP contribution < -0.4 is 0 Å². The van der Waals surface area contributed by atoms with Crippen molar-refractivity contribution < 1.29 is 9.53 Å². The summed E-state index contributed by atoms with van der Waals surface area (Å²) < 4.78 is 5.63. The molecule has 15 heavy (non-hydrogen) atoms. The number of nitrogens with zero attached hydrogens (tertiary/aromatic N) is 2. The number of carbonyl (C=O) groups is 1. The molecule has 4 heteroatoms. The first-order valence-corrected chi connectivity index (χ1v) is 5.48. The van der Waals surface area contributed by atoms with E-state index in [1.165, 1.54) is 0 Å². The van der Waals surface area contributed by atoms with Crippen LogP contribution in [0.1, 0.15) is 40.0 Å². The molecule has 2 heterocycles. The molecule has 0 radical (unpaired) electrons. The van der Waals surface area contributed by atoms with Crippen LogP contribution in [0.15, 0.2) is 5.10 Å². The highest BCUT2D eigenvalue weighted by Gasteiger charge is 2.36. The predicted octanol–water partition coefficient (Wildman–Crippen LogP) is 1.55. The van der Waals surface area contributed by atoms with Gasteiger partial charge in [0.1, 0.15) is 0 Å². The number of carbonyl (C=O) groups excluding carboxylic acids is 1. The molecule has 0 bridgehead atoms. The van der Waals surface area contributed by atoms with E-state index in [-0.39, 0.29) is 17.6 Å². The maximum Gasteiger partial charge on any atom is 0.248 e. The lowest BCUT2D eigenvalue weighted by atomic mass is 9.93. The summed E-state index contributed by atoms with van der Waals surface area (Å²) in [6.07, 6.45) is 2.25. The SMILES string of the molecule is CC1=NN(C2CCOC(C)(C)C2)C(=O)C1. The summed E-state index contributed by atoms with van der Waals surface area (Å²) in [7, 11) is 0. The molecule has 2 aliphatic rings. The summed E-state index contributed by atoms with van der Waals surface area (Å²) in [6.45, 7) is 6.75. The molecule has 4 nitrogen and oxygen atoms in total. The van der Waals surface area contributed by atoms with Crippen molar-refractivity contribution >= 4 is 11.6 Å².